The van der Waals surface area contributed by atoms with Gasteiger partial charge >= 0.3 is 0 Å². The van der Waals surface area contributed by atoms with E-state index in [2.05, 4.69) is 127 Å². The Morgan fingerprint density at radius 3 is 2.27 bits per heavy atom. The molecule has 0 aliphatic carbocycles. The number of hydrogen-bond acceptors (Lipinski definition) is 0. The highest BCUT2D eigenvalue weighted by Gasteiger charge is 2.22. The third kappa shape index (κ3) is 3.67. The van der Waals surface area contributed by atoms with E-state index in [-0.39, 0.29) is 5.41 Å². The van der Waals surface area contributed by atoms with E-state index in [1.165, 1.54) is 22.1 Å². The minimum atomic E-state index is 0.0506. The van der Waals surface area contributed by atoms with Crippen molar-refractivity contribution in [3.05, 3.63) is 108 Å². The molecule has 2 heteroatoms. The van der Waals surface area contributed by atoms with E-state index in [0.717, 1.165) is 44.3 Å². The van der Waals surface area contributed by atoms with E-state index in [9.17, 15) is 0 Å². The lowest BCUT2D eigenvalue weighted by molar-refractivity contribution is 0.591. The van der Waals surface area contributed by atoms with Gasteiger partial charge in [-0.1, -0.05) is 93.4 Å². The molecular formula is C35H30N2. The number of aromatic nitrogens is 2. The Kier molecular flexibility index (Phi) is 5.32. The lowest BCUT2D eigenvalue weighted by Gasteiger charge is -2.19. The molecule has 6 rings (SSSR count). The van der Waals surface area contributed by atoms with Crippen LogP contribution in [0.15, 0.2) is 91.0 Å². The normalized spacial score (nSPS) is 12.2. The van der Waals surface area contributed by atoms with Gasteiger partial charge in [0.25, 0.3) is 0 Å². The first-order valence-electron chi connectivity index (χ1n) is 12.8. The average molecular weight is 479 g/mol. The standard InChI is InChI=1S/C35H30N2/c1-6-11-25-16-21-31-32(28(25)7-2)33-34(29-22-26(35(3,4)5)17-20-30(29)36-33)37(31)27-18-14-24(15-19-27)23-12-9-8-10-13-23/h2,6,8-22,36H,1,3-5H3/b11-6-. The van der Waals surface area contributed by atoms with Crippen molar-refractivity contribution in [1.82, 2.24) is 9.55 Å². The van der Waals surface area contributed by atoms with Crippen molar-refractivity contribution in [1.29, 1.82) is 0 Å². The molecule has 2 aromatic heterocycles. The van der Waals surface area contributed by atoms with Gasteiger partial charge in [-0.25, -0.2) is 0 Å². The number of nitrogens with one attached hydrogen (secondary N) is 1. The molecule has 0 amide bonds. The predicted octanol–water partition coefficient (Wildman–Crippen LogP) is 9.24. The fourth-order valence-corrected chi connectivity index (χ4v) is 5.40. The van der Waals surface area contributed by atoms with E-state index in [4.69, 9.17) is 6.42 Å². The molecule has 37 heavy (non-hydrogen) atoms. The maximum Gasteiger partial charge on any atom is 0.0798 e. The smallest absolute Gasteiger partial charge is 0.0798 e. The highest BCUT2D eigenvalue weighted by atomic mass is 15.0. The van der Waals surface area contributed by atoms with E-state index in [1.807, 2.05) is 13.0 Å². The number of hydrogen-bond donors (Lipinski definition) is 1. The van der Waals surface area contributed by atoms with Gasteiger partial charge in [0, 0.05) is 27.5 Å². The molecule has 1 N–H and O–H groups in total. The molecule has 0 aliphatic rings. The number of nitrogens with zero attached hydrogens (tertiary/aromatic N) is 1. The monoisotopic (exact) mass is 478 g/mol. The highest BCUT2D eigenvalue weighted by Crippen LogP contribution is 2.40. The fraction of sp³-hybridized carbons (Fsp3) is 0.143. The van der Waals surface area contributed by atoms with Crippen molar-refractivity contribution in [3.8, 4) is 29.2 Å². The minimum absolute atomic E-state index is 0.0506. The summed E-state index contributed by atoms with van der Waals surface area (Å²) in [7, 11) is 0. The number of H-pyrrole nitrogens is 1. The molecule has 0 bridgehead atoms. The Morgan fingerprint density at radius 2 is 1.59 bits per heavy atom. The van der Waals surface area contributed by atoms with Crippen LogP contribution < -0.4 is 0 Å². The number of allylic oxidation sites excluding steroid dienone is 1. The molecule has 0 atom stereocenters. The molecule has 0 spiro atoms. The molecule has 6 aromatic rings. The highest BCUT2D eigenvalue weighted by molar-refractivity contribution is 6.20. The molecule has 0 saturated carbocycles. The van der Waals surface area contributed by atoms with Gasteiger partial charge in [-0.3, -0.25) is 0 Å². The molecule has 2 nitrogen and oxygen atoms in total. The molecule has 0 radical (unpaired) electrons. The number of terminal acetylenes is 1. The summed E-state index contributed by atoms with van der Waals surface area (Å²) in [6, 6.07) is 30.4. The molecule has 0 unspecified atom stereocenters. The largest absolute Gasteiger partial charge is 0.353 e. The Hall–Kier alpha value is -4.48. The zero-order valence-corrected chi connectivity index (χ0v) is 21.8. The number of rotatable bonds is 3. The summed E-state index contributed by atoms with van der Waals surface area (Å²) in [5.74, 6) is 3.01. The summed E-state index contributed by atoms with van der Waals surface area (Å²) in [5.41, 5.74) is 11.3. The first-order valence-corrected chi connectivity index (χ1v) is 12.8. The van der Waals surface area contributed by atoms with E-state index >= 15 is 0 Å². The maximum absolute atomic E-state index is 6.14. The fourth-order valence-electron chi connectivity index (χ4n) is 5.40. The molecule has 2 heterocycles. The van der Waals surface area contributed by atoms with Gasteiger partial charge < -0.3 is 9.55 Å². The summed E-state index contributed by atoms with van der Waals surface area (Å²) in [6.07, 6.45) is 10.3. The summed E-state index contributed by atoms with van der Waals surface area (Å²) < 4.78 is 2.37. The lowest BCUT2D eigenvalue weighted by atomic mass is 9.86. The summed E-state index contributed by atoms with van der Waals surface area (Å²) in [4.78, 5) is 3.73. The van der Waals surface area contributed by atoms with Gasteiger partial charge in [-0.2, -0.15) is 0 Å². The van der Waals surface area contributed by atoms with Crippen LogP contribution in [0.1, 0.15) is 44.4 Å². The van der Waals surface area contributed by atoms with Gasteiger partial charge in [0.1, 0.15) is 0 Å². The van der Waals surface area contributed by atoms with E-state index in [1.54, 1.807) is 0 Å². The van der Waals surface area contributed by atoms with Crippen LogP contribution in [0, 0.1) is 12.3 Å². The van der Waals surface area contributed by atoms with Gasteiger partial charge in [0.2, 0.25) is 0 Å². The van der Waals surface area contributed by atoms with Crippen molar-refractivity contribution in [2.24, 2.45) is 0 Å². The van der Waals surface area contributed by atoms with Crippen LogP contribution in [-0.2, 0) is 5.41 Å². The Labute approximate surface area is 218 Å². The van der Waals surface area contributed by atoms with E-state index < -0.39 is 0 Å². The molecule has 0 fully saturated rings. The second kappa shape index (κ2) is 8.57. The molecule has 0 aliphatic heterocycles. The van der Waals surface area contributed by atoms with Crippen LogP contribution in [-0.4, -0.2) is 9.55 Å². The van der Waals surface area contributed by atoms with Crippen molar-refractivity contribution >= 4 is 38.9 Å². The van der Waals surface area contributed by atoms with Crippen LogP contribution in [0.3, 0.4) is 0 Å². The molecule has 4 aromatic carbocycles. The quantitative estimate of drug-likeness (QED) is 0.245. The van der Waals surface area contributed by atoms with Crippen molar-refractivity contribution in [3.63, 3.8) is 0 Å². The Bertz CT molecular complexity index is 1850. The molecule has 180 valence electrons. The maximum atomic E-state index is 6.14. The van der Waals surface area contributed by atoms with Crippen molar-refractivity contribution in [2.75, 3.05) is 0 Å². The van der Waals surface area contributed by atoms with Crippen molar-refractivity contribution in [2.45, 2.75) is 33.1 Å². The summed E-state index contributed by atoms with van der Waals surface area (Å²) in [5, 5.41) is 2.30. The third-order valence-corrected chi connectivity index (χ3v) is 7.29. The second-order valence-corrected chi connectivity index (χ2v) is 10.7. The lowest BCUT2D eigenvalue weighted by Crippen LogP contribution is -2.10. The van der Waals surface area contributed by atoms with Crippen molar-refractivity contribution < 1.29 is 0 Å². The van der Waals surface area contributed by atoms with E-state index in [0.29, 0.717) is 0 Å². The first-order chi connectivity index (χ1) is 17.9. The minimum Gasteiger partial charge on any atom is -0.353 e. The number of fused-ring (bicyclic) bond motifs is 5. The molecular weight excluding hydrogens is 448 g/mol. The van der Waals surface area contributed by atoms with Gasteiger partial charge in [-0.15, -0.1) is 6.42 Å². The number of aromatic amines is 1. The SMILES string of the molecule is C#Cc1c(/C=C\C)ccc2c1c1[nH]c3ccc(C(C)(C)C)cc3c1n2-c1ccc(-c2ccccc2)cc1. The van der Waals surface area contributed by atoms with Gasteiger partial charge in [-0.05, 0) is 64.9 Å². The Balaban J connectivity index is 1.71. The number of benzene rings is 4. The van der Waals surface area contributed by atoms with Crippen LogP contribution >= 0.6 is 0 Å². The zero-order chi connectivity index (χ0) is 25.7. The predicted molar refractivity (Wildman–Crippen MR) is 159 cm³/mol. The Morgan fingerprint density at radius 1 is 0.865 bits per heavy atom. The summed E-state index contributed by atoms with van der Waals surface area (Å²) >= 11 is 0. The zero-order valence-electron chi connectivity index (χ0n) is 21.8. The van der Waals surface area contributed by atoms with Crippen LogP contribution in [0.4, 0.5) is 0 Å². The second-order valence-electron chi connectivity index (χ2n) is 10.7. The summed E-state index contributed by atoms with van der Waals surface area (Å²) in [6.45, 7) is 8.80. The topological polar surface area (TPSA) is 20.7 Å². The van der Waals surface area contributed by atoms with Gasteiger partial charge in [0.05, 0.1) is 16.6 Å². The van der Waals surface area contributed by atoms with Crippen LogP contribution in [0.5, 0.6) is 0 Å². The van der Waals surface area contributed by atoms with Crippen LogP contribution in [0.2, 0.25) is 0 Å². The molecule has 0 saturated heterocycles. The first kappa shape index (κ1) is 23.0. The van der Waals surface area contributed by atoms with Crippen LogP contribution in [0.25, 0.3) is 55.7 Å². The average Bonchev–Trinajstić information content (AvgIpc) is 3.43. The third-order valence-electron chi connectivity index (χ3n) is 7.29. The van der Waals surface area contributed by atoms with Gasteiger partial charge in [0.15, 0.2) is 0 Å².